The Morgan fingerprint density at radius 2 is 1.61 bits per heavy atom. The number of nitrogens with zero attached hydrogens (tertiary/aromatic N) is 2. The van der Waals surface area contributed by atoms with Crippen LogP contribution in [0.25, 0.3) is 0 Å². The first-order valence-corrected chi connectivity index (χ1v) is 9.56. The molecule has 0 aliphatic heterocycles. The Bertz CT molecular complexity index is 823. The maximum Gasteiger partial charge on any atom is 0.317 e. The zero-order valence-corrected chi connectivity index (χ0v) is 16.5. The van der Waals surface area contributed by atoms with Gasteiger partial charge in [0, 0.05) is 35.6 Å². The minimum absolute atomic E-state index is 0.0753. The Hall–Kier alpha value is -2.96. The van der Waals surface area contributed by atoms with Crippen LogP contribution in [0.2, 0.25) is 0 Å². The van der Waals surface area contributed by atoms with Crippen molar-refractivity contribution in [2.45, 2.75) is 58.6 Å². The molecule has 7 heteroatoms. The minimum atomic E-state index is -0.137. The van der Waals surface area contributed by atoms with Crippen molar-refractivity contribution in [3.05, 3.63) is 47.3 Å². The number of rotatable bonds is 5. The first-order chi connectivity index (χ1) is 13.4. The van der Waals surface area contributed by atoms with Gasteiger partial charge in [-0.15, -0.1) is 0 Å². The summed E-state index contributed by atoms with van der Waals surface area (Å²) >= 11 is 0. The molecule has 7 nitrogen and oxygen atoms in total. The van der Waals surface area contributed by atoms with Crippen molar-refractivity contribution in [2.24, 2.45) is 0 Å². The quantitative estimate of drug-likeness (QED) is 0.828. The van der Waals surface area contributed by atoms with E-state index in [0.717, 1.165) is 37.1 Å². The van der Waals surface area contributed by atoms with Gasteiger partial charge in [-0.2, -0.15) is 0 Å². The number of carbonyl (C=O) groups is 2. The van der Waals surface area contributed by atoms with Crippen molar-refractivity contribution in [3.63, 3.8) is 0 Å². The molecule has 3 rings (SSSR count). The van der Waals surface area contributed by atoms with Crippen LogP contribution in [-0.4, -0.2) is 33.9 Å². The van der Waals surface area contributed by atoms with Gasteiger partial charge in [-0.1, -0.05) is 0 Å². The minimum Gasteiger partial charge on any atom is -0.460 e. The average Bonchev–Trinajstić information content (AvgIpc) is 2.62. The molecule has 0 saturated heterocycles. The predicted octanol–water partition coefficient (Wildman–Crippen LogP) is 3.17. The maximum atomic E-state index is 12.4. The van der Waals surface area contributed by atoms with E-state index in [2.05, 4.69) is 20.6 Å². The van der Waals surface area contributed by atoms with Gasteiger partial charge in [-0.3, -0.25) is 9.59 Å². The van der Waals surface area contributed by atoms with E-state index in [1.165, 1.54) is 6.92 Å². The Balaban J connectivity index is 1.48. The highest BCUT2D eigenvalue weighted by Gasteiger charge is 2.24. The van der Waals surface area contributed by atoms with Crippen LogP contribution in [0.3, 0.4) is 0 Å². The molecule has 0 unspecified atom stereocenters. The second kappa shape index (κ2) is 8.82. The smallest absolute Gasteiger partial charge is 0.317 e. The van der Waals surface area contributed by atoms with Crippen molar-refractivity contribution >= 4 is 17.5 Å². The van der Waals surface area contributed by atoms with Gasteiger partial charge in [0.15, 0.2) is 0 Å². The third-order valence-corrected chi connectivity index (χ3v) is 4.71. The highest BCUT2D eigenvalue weighted by Crippen LogP contribution is 2.23. The fraction of sp³-hybridized carbons (Fsp3) is 0.429. The zero-order chi connectivity index (χ0) is 20.1. The van der Waals surface area contributed by atoms with Gasteiger partial charge in [0.25, 0.3) is 5.91 Å². The molecule has 1 aliphatic rings. The van der Waals surface area contributed by atoms with Crippen LogP contribution >= 0.6 is 0 Å². The molecule has 0 bridgehead atoms. The highest BCUT2D eigenvalue weighted by molar-refractivity contribution is 5.95. The molecule has 1 aliphatic carbocycles. The van der Waals surface area contributed by atoms with Crippen LogP contribution in [0.5, 0.6) is 6.01 Å². The molecule has 1 heterocycles. The number of aryl methyl sites for hydroxylation is 2. The van der Waals surface area contributed by atoms with Crippen LogP contribution in [0.1, 0.15) is 54.4 Å². The van der Waals surface area contributed by atoms with E-state index in [9.17, 15) is 9.59 Å². The Morgan fingerprint density at radius 3 is 2.18 bits per heavy atom. The first-order valence-electron chi connectivity index (χ1n) is 9.56. The lowest BCUT2D eigenvalue weighted by Gasteiger charge is -2.29. The molecule has 0 atom stereocenters. The third kappa shape index (κ3) is 5.52. The maximum absolute atomic E-state index is 12.4. The van der Waals surface area contributed by atoms with E-state index in [0.29, 0.717) is 17.3 Å². The summed E-state index contributed by atoms with van der Waals surface area (Å²) in [5, 5.41) is 5.77. The van der Waals surface area contributed by atoms with Crippen LogP contribution in [-0.2, 0) is 4.79 Å². The molecular weight excluding hydrogens is 356 g/mol. The number of aromatic nitrogens is 2. The molecule has 1 saturated carbocycles. The predicted molar refractivity (Wildman–Crippen MR) is 106 cm³/mol. The van der Waals surface area contributed by atoms with Gasteiger partial charge >= 0.3 is 6.01 Å². The van der Waals surface area contributed by atoms with Gasteiger partial charge in [0.1, 0.15) is 6.10 Å². The van der Waals surface area contributed by atoms with E-state index in [1.807, 2.05) is 19.9 Å². The monoisotopic (exact) mass is 382 g/mol. The van der Waals surface area contributed by atoms with Gasteiger partial charge in [0.2, 0.25) is 5.91 Å². The second-order valence-electron chi connectivity index (χ2n) is 7.26. The number of amides is 2. The summed E-state index contributed by atoms with van der Waals surface area (Å²) in [7, 11) is 0. The zero-order valence-electron chi connectivity index (χ0n) is 16.5. The summed E-state index contributed by atoms with van der Waals surface area (Å²) in [6.45, 7) is 5.31. The van der Waals surface area contributed by atoms with Crippen molar-refractivity contribution in [1.29, 1.82) is 0 Å². The number of carbonyl (C=O) groups excluding carboxylic acids is 2. The number of hydrogen-bond acceptors (Lipinski definition) is 5. The Morgan fingerprint density at radius 1 is 1.00 bits per heavy atom. The largest absolute Gasteiger partial charge is 0.460 e. The molecule has 2 N–H and O–H groups in total. The number of benzene rings is 1. The van der Waals surface area contributed by atoms with Crippen LogP contribution in [0, 0.1) is 13.8 Å². The summed E-state index contributed by atoms with van der Waals surface area (Å²) < 4.78 is 5.93. The first kappa shape index (κ1) is 19.8. The Kier molecular flexibility index (Phi) is 6.23. The molecule has 148 valence electrons. The fourth-order valence-electron chi connectivity index (χ4n) is 3.40. The number of ether oxygens (including phenoxy) is 1. The molecule has 1 aromatic heterocycles. The number of nitrogens with one attached hydrogen (secondary N) is 2. The molecule has 2 aromatic rings. The van der Waals surface area contributed by atoms with Crippen LogP contribution in [0.15, 0.2) is 30.3 Å². The van der Waals surface area contributed by atoms with Crippen molar-refractivity contribution in [2.75, 3.05) is 5.32 Å². The van der Waals surface area contributed by atoms with Gasteiger partial charge in [-0.05, 0) is 69.9 Å². The van der Waals surface area contributed by atoms with E-state index >= 15 is 0 Å². The van der Waals surface area contributed by atoms with E-state index in [4.69, 9.17) is 4.74 Å². The van der Waals surface area contributed by atoms with Crippen molar-refractivity contribution in [1.82, 2.24) is 15.3 Å². The second-order valence-corrected chi connectivity index (χ2v) is 7.26. The molecular formula is C21H26N4O3. The van der Waals surface area contributed by atoms with E-state index in [-0.39, 0.29) is 24.0 Å². The summed E-state index contributed by atoms with van der Waals surface area (Å²) in [5.74, 6) is -0.237. The lowest BCUT2D eigenvalue weighted by molar-refractivity contribution is -0.114. The number of anilines is 1. The summed E-state index contributed by atoms with van der Waals surface area (Å²) in [5.41, 5.74) is 3.05. The van der Waals surface area contributed by atoms with E-state index in [1.54, 1.807) is 24.3 Å². The van der Waals surface area contributed by atoms with Crippen LogP contribution < -0.4 is 15.4 Å². The van der Waals surface area contributed by atoms with Crippen molar-refractivity contribution in [3.8, 4) is 6.01 Å². The standard InChI is InChI=1S/C21H26N4O3/c1-13-12-14(2)23-21(22-13)28-19-10-8-18(9-11-19)25-20(27)16-4-6-17(7-5-16)24-15(3)26/h4-7,12,18-19H,8-11H2,1-3H3,(H,24,26)(H,25,27). The third-order valence-electron chi connectivity index (χ3n) is 4.71. The lowest BCUT2D eigenvalue weighted by atomic mass is 9.92. The summed E-state index contributed by atoms with van der Waals surface area (Å²) in [4.78, 5) is 32.2. The van der Waals surface area contributed by atoms with Gasteiger partial charge < -0.3 is 15.4 Å². The topological polar surface area (TPSA) is 93.2 Å². The molecule has 1 aromatic carbocycles. The molecule has 28 heavy (non-hydrogen) atoms. The normalized spacial score (nSPS) is 19.0. The lowest BCUT2D eigenvalue weighted by Crippen LogP contribution is -2.39. The van der Waals surface area contributed by atoms with Crippen molar-refractivity contribution < 1.29 is 14.3 Å². The SMILES string of the molecule is CC(=O)Nc1ccc(C(=O)NC2CCC(Oc3nc(C)cc(C)n3)CC2)cc1. The van der Waals surface area contributed by atoms with Crippen LogP contribution in [0.4, 0.5) is 5.69 Å². The summed E-state index contributed by atoms with van der Waals surface area (Å²) in [6.07, 6.45) is 3.48. The molecule has 1 fully saturated rings. The van der Waals surface area contributed by atoms with Gasteiger partial charge in [-0.25, -0.2) is 9.97 Å². The van der Waals surface area contributed by atoms with Gasteiger partial charge in [0.05, 0.1) is 0 Å². The van der Waals surface area contributed by atoms with E-state index < -0.39 is 0 Å². The molecule has 0 radical (unpaired) electrons. The molecule has 2 amide bonds. The number of hydrogen-bond donors (Lipinski definition) is 2. The fourth-order valence-corrected chi connectivity index (χ4v) is 3.40. The summed E-state index contributed by atoms with van der Waals surface area (Å²) in [6, 6.07) is 9.36. The molecule has 0 spiro atoms. The Labute approximate surface area is 164 Å². The average molecular weight is 382 g/mol. The highest BCUT2D eigenvalue weighted by atomic mass is 16.5.